The molecule has 0 saturated carbocycles. The van der Waals surface area contributed by atoms with E-state index in [9.17, 15) is 4.79 Å². The van der Waals surface area contributed by atoms with Gasteiger partial charge in [0.1, 0.15) is 5.52 Å². The summed E-state index contributed by atoms with van der Waals surface area (Å²) in [4.78, 5) is 16.2. The van der Waals surface area contributed by atoms with Gasteiger partial charge in [0, 0.05) is 0 Å². The standard InChI is InChI=1S/C20H21N3O2S/c1-20(2,3)15-10-8-14(9-11-15)12-21-23-18(24)13-26-19-22-16-6-4-5-7-17(16)25-19/h4-12H,13H2,1-3H3,(H,23,24)/b21-12-. The van der Waals surface area contributed by atoms with Crippen LogP contribution in [-0.4, -0.2) is 22.9 Å². The second kappa shape index (κ2) is 7.74. The molecule has 0 aliphatic carbocycles. The Morgan fingerprint density at radius 1 is 1.19 bits per heavy atom. The fourth-order valence-electron chi connectivity index (χ4n) is 2.32. The van der Waals surface area contributed by atoms with E-state index in [4.69, 9.17) is 4.42 Å². The maximum Gasteiger partial charge on any atom is 0.257 e. The number of rotatable bonds is 5. The number of hydrazone groups is 1. The molecule has 134 valence electrons. The van der Waals surface area contributed by atoms with Crippen molar-refractivity contribution in [3.8, 4) is 0 Å². The summed E-state index contributed by atoms with van der Waals surface area (Å²) >= 11 is 1.24. The van der Waals surface area contributed by atoms with Crippen LogP contribution in [0, 0.1) is 0 Å². The molecule has 5 nitrogen and oxygen atoms in total. The molecule has 1 aromatic heterocycles. The maximum absolute atomic E-state index is 11.9. The third-order valence-corrected chi connectivity index (χ3v) is 4.61. The Labute approximate surface area is 156 Å². The van der Waals surface area contributed by atoms with Crippen molar-refractivity contribution in [3.05, 3.63) is 59.7 Å². The summed E-state index contributed by atoms with van der Waals surface area (Å²) in [6.07, 6.45) is 1.63. The molecule has 0 saturated heterocycles. The predicted octanol–water partition coefficient (Wildman–Crippen LogP) is 4.37. The quantitative estimate of drug-likeness (QED) is 0.413. The molecule has 1 N–H and O–H groups in total. The second-order valence-electron chi connectivity index (χ2n) is 6.90. The van der Waals surface area contributed by atoms with Crippen LogP contribution in [0.4, 0.5) is 0 Å². The Balaban J connectivity index is 1.49. The van der Waals surface area contributed by atoms with Gasteiger partial charge in [-0.2, -0.15) is 5.10 Å². The number of carbonyl (C=O) groups excluding carboxylic acids is 1. The molecule has 6 heteroatoms. The summed E-state index contributed by atoms with van der Waals surface area (Å²) in [5.41, 5.74) is 6.33. The van der Waals surface area contributed by atoms with Gasteiger partial charge in [0.05, 0.1) is 12.0 Å². The number of fused-ring (bicyclic) bond motifs is 1. The van der Waals surface area contributed by atoms with Crippen LogP contribution in [0.1, 0.15) is 31.9 Å². The highest BCUT2D eigenvalue weighted by Gasteiger charge is 2.12. The average molecular weight is 367 g/mol. The summed E-state index contributed by atoms with van der Waals surface area (Å²) in [6, 6.07) is 15.6. The van der Waals surface area contributed by atoms with E-state index >= 15 is 0 Å². The summed E-state index contributed by atoms with van der Waals surface area (Å²) in [5.74, 6) is -0.0209. The van der Waals surface area contributed by atoms with Gasteiger partial charge in [0.25, 0.3) is 11.1 Å². The van der Waals surface area contributed by atoms with Gasteiger partial charge in [-0.3, -0.25) is 4.79 Å². The van der Waals surface area contributed by atoms with E-state index in [1.165, 1.54) is 17.3 Å². The zero-order valence-corrected chi connectivity index (χ0v) is 15.8. The average Bonchev–Trinajstić information content (AvgIpc) is 3.03. The lowest BCUT2D eigenvalue weighted by Crippen LogP contribution is -2.19. The topological polar surface area (TPSA) is 67.5 Å². The number of thioether (sulfide) groups is 1. The summed E-state index contributed by atoms with van der Waals surface area (Å²) in [5, 5.41) is 4.47. The molecule has 3 aromatic rings. The van der Waals surface area contributed by atoms with Crippen LogP contribution in [0.25, 0.3) is 11.1 Å². The molecule has 0 bridgehead atoms. The zero-order chi connectivity index (χ0) is 18.6. The van der Waals surface area contributed by atoms with Crippen molar-refractivity contribution in [3.63, 3.8) is 0 Å². The van der Waals surface area contributed by atoms with Crippen molar-refractivity contribution < 1.29 is 9.21 Å². The molecule has 0 atom stereocenters. The molecule has 0 unspecified atom stereocenters. The van der Waals surface area contributed by atoms with Crippen LogP contribution in [-0.2, 0) is 10.2 Å². The van der Waals surface area contributed by atoms with Crippen LogP contribution >= 0.6 is 11.8 Å². The van der Waals surface area contributed by atoms with E-state index in [2.05, 4.69) is 48.4 Å². The van der Waals surface area contributed by atoms with E-state index in [1.54, 1.807) is 6.21 Å². The summed E-state index contributed by atoms with van der Waals surface area (Å²) < 4.78 is 5.56. The van der Waals surface area contributed by atoms with E-state index in [-0.39, 0.29) is 17.1 Å². The van der Waals surface area contributed by atoms with Gasteiger partial charge in [0.2, 0.25) is 0 Å². The number of oxazole rings is 1. The number of nitrogens with zero attached hydrogens (tertiary/aromatic N) is 2. The molecule has 1 heterocycles. The lowest BCUT2D eigenvalue weighted by molar-refractivity contribution is -0.118. The molecule has 3 rings (SSSR count). The number of hydrogen-bond donors (Lipinski definition) is 1. The number of amides is 1. The Morgan fingerprint density at radius 3 is 2.62 bits per heavy atom. The maximum atomic E-state index is 11.9. The molecule has 26 heavy (non-hydrogen) atoms. The number of nitrogens with one attached hydrogen (secondary N) is 1. The van der Waals surface area contributed by atoms with E-state index < -0.39 is 0 Å². The molecular weight excluding hydrogens is 346 g/mol. The van der Waals surface area contributed by atoms with Gasteiger partial charge in [-0.15, -0.1) is 0 Å². The minimum absolute atomic E-state index is 0.117. The molecule has 0 fully saturated rings. The van der Waals surface area contributed by atoms with Crippen LogP contribution in [0.5, 0.6) is 0 Å². The monoisotopic (exact) mass is 367 g/mol. The molecule has 0 aliphatic rings. The Morgan fingerprint density at radius 2 is 1.92 bits per heavy atom. The number of hydrogen-bond acceptors (Lipinski definition) is 5. The van der Waals surface area contributed by atoms with Gasteiger partial charge in [-0.1, -0.05) is 68.9 Å². The first kappa shape index (κ1) is 18.2. The largest absolute Gasteiger partial charge is 0.431 e. The van der Waals surface area contributed by atoms with Crippen LogP contribution in [0.2, 0.25) is 0 Å². The van der Waals surface area contributed by atoms with Crippen molar-refractivity contribution in [2.75, 3.05) is 5.75 Å². The Kier molecular flexibility index (Phi) is 5.42. The molecule has 1 amide bonds. The summed E-state index contributed by atoms with van der Waals surface area (Å²) in [6.45, 7) is 6.51. The molecule has 0 spiro atoms. The first-order chi connectivity index (χ1) is 12.4. The third kappa shape index (κ3) is 4.73. The highest BCUT2D eigenvalue weighted by Crippen LogP contribution is 2.23. The Hall–Kier alpha value is -2.60. The van der Waals surface area contributed by atoms with Crippen molar-refractivity contribution in [2.45, 2.75) is 31.4 Å². The van der Waals surface area contributed by atoms with Gasteiger partial charge in [-0.25, -0.2) is 10.4 Å². The second-order valence-corrected chi connectivity index (χ2v) is 7.83. The molecule has 0 radical (unpaired) electrons. The Bertz CT molecular complexity index is 891. The lowest BCUT2D eigenvalue weighted by atomic mass is 9.87. The molecule has 0 aliphatic heterocycles. The van der Waals surface area contributed by atoms with E-state index in [0.717, 1.165) is 11.1 Å². The van der Waals surface area contributed by atoms with E-state index in [1.807, 2.05) is 36.4 Å². The van der Waals surface area contributed by atoms with Crippen molar-refractivity contribution >= 4 is 35.0 Å². The number of aromatic nitrogens is 1. The summed E-state index contributed by atoms with van der Waals surface area (Å²) in [7, 11) is 0. The predicted molar refractivity (Wildman–Crippen MR) is 106 cm³/mol. The number of carbonyl (C=O) groups is 1. The van der Waals surface area contributed by atoms with Gasteiger partial charge < -0.3 is 4.42 Å². The minimum atomic E-state index is -0.209. The normalized spacial score (nSPS) is 12.0. The van der Waals surface area contributed by atoms with Crippen molar-refractivity contribution in [1.29, 1.82) is 0 Å². The van der Waals surface area contributed by atoms with Crippen LogP contribution in [0.3, 0.4) is 0 Å². The first-order valence-electron chi connectivity index (χ1n) is 8.33. The van der Waals surface area contributed by atoms with Gasteiger partial charge in [0.15, 0.2) is 5.58 Å². The lowest BCUT2D eigenvalue weighted by Gasteiger charge is -2.18. The van der Waals surface area contributed by atoms with E-state index in [0.29, 0.717) is 10.8 Å². The highest BCUT2D eigenvalue weighted by molar-refractivity contribution is 7.99. The molecule has 2 aromatic carbocycles. The first-order valence-corrected chi connectivity index (χ1v) is 9.31. The van der Waals surface area contributed by atoms with Crippen LogP contribution < -0.4 is 5.43 Å². The van der Waals surface area contributed by atoms with Crippen LogP contribution in [0.15, 0.2) is 63.3 Å². The van der Waals surface area contributed by atoms with Crippen molar-refractivity contribution in [2.24, 2.45) is 5.10 Å². The number of para-hydroxylation sites is 2. The third-order valence-electron chi connectivity index (χ3n) is 3.78. The SMILES string of the molecule is CC(C)(C)c1ccc(/C=N\NC(=O)CSc2nc3ccccc3o2)cc1. The minimum Gasteiger partial charge on any atom is -0.431 e. The highest BCUT2D eigenvalue weighted by atomic mass is 32.2. The fourth-order valence-corrected chi connectivity index (χ4v) is 2.95. The smallest absolute Gasteiger partial charge is 0.257 e. The van der Waals surface area contributed by atoms with Crippen molar-refractivity contribution in [1.82, 2.24) is 10.4 Å². The van der Waals surface area contributed by atoms with Gasteiger partial charge in [-0.05, 0) is 28.7 Å². The van der Waals surface area contributed by atoms with Gasteiger partial charge >= 0.3 is 0 Å². The molecular formula is C20H21N3O2S. The zero-order valence-electron chi connectivity index (χ0n) is 15.0. The number of benzene rings is 2. The fraction of sp³-hybridized carbons (Fsp3) is 0.250.